The molecule has 0 unspecified atom stereocenters. The van der Waals surface area contributed by atoms with E-state index in [0.29, 0.717) is 10.7 Å². The van der Waals surface area contributed by atoms with Gasteiger partial charge in [-0.15, -0.1) is 0 Å². The van der Waals surface area contributed by atoms with Crippen molar-refractivity contribution in [3.05, 3.63) is 63.6 Å². The van der Waals surface area contributed by atoms with Gasteiger partial charge in [0.05, 0.1) is 17.7 Å². The summed E-state index contributed by atoms with van der Waals surface area (Å²) in [4.78, 5) is 26.7. The van der Waals surface area contributed by atoms with E-state index in [9.17, 15) is 9.59 Å². The van der Waals surface area contributed by atoms with E-state index < -0.39 is 5.97 Å². The predicted molar refractivity (Wildman–Crippen MR) is 111 cm³/mol. The normalized spacial score (nSPS) is 15.2. The molecule has 1 saturated heterocycles. The summed E-state index contributed by atoms with van der Waals surface area (Å²) < 4.78 is 4.71. The van der Waals surface area contributed by atoms with E-state index in [2.05, 4.69) is 16.3 Å². The molecule has 0 saturated carbocycles. The molecule has 1 aliphatic heterocycles. The molecule has 3 rings (SSSR count). The summed E-state index contributed by atoms with van der Waals surface area (Å²) >= 11 is 12.1. The minimum absolute atomic E-state index is 0.0412. The van der Waals surface area contributed by atoms with E-state index >= 15 is 0 Å². The number of piperidine rings is 1. The number of rotatable bonds is 5. The predicted octanol–water partition coefficient (Wildman–Crippen LogP) is 4.63. The Morgan fingerprint density at radius 2 is 1.89 bits per heavy atom. The molecular weight excluding hydrogens is 399 g/mol. The van der Waals surface area contributed by atoms with Crippen LogP contribution in [0.3, 0.4) is 0 Å². The van der Waals surface area contributed by atoms with Gasteiger partial charge in [0.25, 0.3) is 0 Å². The molecule has 0 spiro atoms. The molecule has 0 bridgehead atoms. The number of esters is 1. The van der Waals surface area contributed by atoms with E-state index in [1.165, 1.54) is 12.7 Å². The summed E-state index contributed by atoms with van der Waals surface area (Å²) in [6, 6.07) is 12.7. The molecule has 0 atom stereocenters. The number of likely N-dealkylation sites (tertiary alicyclic amines) is 1. The summed E-state index contributed by atoms with van der Waals surface area (Å²) in [5, 5.41) is 3.92. The van der Waals surface area contributed by atoms with Gasteiger partial charge >= 0.3 is 5.97 Å². The Morgan fingerprint density at radius 1 is 1.14 bits per heavy atom. The molecule has 148 valence electrons. The molecule has 1 heterocycles. The smallest absolute Gasteiger partial charge is 0.339 e. The lowest BCUT2D eigenvalue weighted by atomic mass is 9.95. The van der Waals surface area contributed by atoms with E-state index in [4.69, 9.17) is 27.9 Å². The average Bonchev–Trinajstić information content (AvgIpc) is 2.69. The number of halogens is 2. The summed E-state index contributed by atoms with van der Waals surface area (Å²) in [6.45, 7) is 2.52. The van der Waals surface area contributed by atoms with Gasteiger partial charge in [-0.1, -0.05) is 35.3 Å². The van der Waals surface area contributed by atoms with Gasteiger partial charge in [0.2, 0.25) is 5.91 Å². The van der Waals surface area contributed by atoms with Crippen molar-refractivity contribution in [3.63, 3.8) is 0 Å². The van der Waals surface area contributed by atoms with Crippen molar-refractivity contribution < 1.29 is 14.3 Å². The quantitative estimate of drug-likeness (QED) is 0.716. The van der Waals surface area contributed by atoms with Gasteiger partial charge in [-0.25, -0.2) is 4.79 Å². The van der Waals surface area contributed by atoms with Crippen LogP contribution in [-0.2, 0) is 16.1 Å². The fraction of sp³-hybridized carbons (Fsp3) is 0.333. The molecule has 5 nitrogen and oxygen atoms in total. The van der Waals surface area contributed by atoms with Gasteiger partial charge in [-0.3, -0.25) is 9.69 Å². The summed E-state index contributed by atoms with van der Waals surface area (Å²) in [6.07, 6.45) is 1.56. The zero-order chi connectivity index (χ0) is 20.1. The first kappa shape index (κ1) is 20.6. The molecule has 7 heteroatoms. The summed E-state index contributed by atoms with van der Waals surface area (Å²) in [5.41, 5.74) is 1.95. The van der Waals surface area contributed by atoms with Crippen LogP contribution in [0.2, 0.25) is 10.0 Å². The Hall–Kier alpha value is -2.08. The van der Waals surface area contributed by atoms with Crippen molar-refractivity contribution >= 4 is 40.8 Å². The standard InChI is InChI=1S/C21H22Cl2N2O3/c1-28-21(27)18-12-17(5-6-19(18)23)24-20(26)15-7-9-25(10-8-15)13-14-3-2-4-16(22)11-14/h2-6,11-12,15H,7-10,13H2,1H3,(H,24,26). The molecule has 1 aliphatic rings. The van der Waals surface area contributed by atoms with E-state index in [-0.39, 0.29) is 17.4 Å². The van der Waals surface area contributed by atoms with Gasteiger partial charge in [0, 0.05) is 23.2 Å². The number of hydrogen-bond donors (Lipinski definition) is 1. The maximum atomic E-state index is 12.6. The van der Waals surface area contributed by atoms with Crippen LogP contribution in [-0.4, -0.2) is 37.0 Å². The highest BCUT2D eigenvalue weighted by Gasteiger charge is 2.25. The number of anilines is 1. The number of nitrogens with zero attached hydrogens (tertiary/aromatic N) is 1. The summed E-state index contributed by atoms with van der Waals surface area (Å²) in [7, 11) is 1.29. The second-order valence-corrected chi connectivity index (χ2v) is 7.70. The van der Waals surface area contributed by atoms with Crippen LogP contribution >= 0.6 is 23.2 Å². The molecule has 2 aromatic carbocycles. The average molecular weight is 421 g/mol. The zero-order valence-electron chi connectivity index (χ0n) is 15.6. The molecule has 0 aromatic heterocycles. The SMILES string of the molecule is COC(=O)c1cc(NC(=O)C2CCN(Cc3cccc(Cl)c3)CC2)ccc1Cl. The number of benzene rings is 2. The molecule has 28 heavy (non-hydrogen) atoms. The highest BCUT2D eigenvalue weighted by molar-refractivity contribution is 6.33. The zero-order valence-corrected chi connectivity index (χ0v) is 17.1. The number of nitrogens with one attached hydrogen (secondary N) is 1. The Labute approximate surface area is 174 Å². The van der Waals surface area contributed by atoms with Gasteiger partial charge < -0.3 is 10.1 Å². The Morgan fingerprint density at radius 3 is 2.57 bits per heavy atom. The van der Waals surface area contributed by atoms with Crippen molar-refractivity contribution in [2.24, 2.45) is 5.92 Å². The fourth-order valence-electron chi connectivity index (χ4n) is 3.36. The Balaban J connectivity index is 1.55. The molecule has 1 amide bonds. The van der Waals surface area contributed by atoms with E-state index in [0.717, 1.165) is 37.5 Å². The number of carbonyl (C=O) groups excluding carboxylic acids is 2. The maximum absolute atomic E-state index is 12.6. The van der Waals surface area contributed by atoms with Crippen LogP contribution in [0.4, 0.5) is 5.69 Å². The largest absolute Gasteiger partial charge is 0.465 e. The highest BCUT2D eigenvalue weighted by Crippen LogP contribution is 2.24. The lowest BCUT2D eigenvalue weighted by molar-refractivity contribution is -0.121. The van der Waals surface area contributed by atoms with Crippen molar-refractivity contribution in [1.29, 1.82) is 0 Å². The maximum Gasteiger partial charge on any atom is 0.339 e. The van der Waals surface area contributed by atoms with Crippen LogP contribution < -0.4 is 5.32 Å². The lowest BCUT2D eigenvalue weighted by Gasteiger charge is -2.31. The molecule has 0 aliphatic carbocycles. The van der Waals surface area contributed by atoms with Crippen molar-refractivity contribution in [2.45, 2.75) is 19.4 Å². The number of carbonyl (C=O) groups is 2. The van der Waals surface area contributed by atoms with E-state index in [1.807, 2.05) is 18.2 Å². The molecular formula is C21H22Cl2N2O3. The second kappa shape index (κ2) is 9.41. The van der Waals surface area contributed by atoms with Crippen molar-refractivity contribution in [1.82, 2.24) is 4.90 Å². The summed E-state index contributed by atoms with van der Waals surface area (Å²) in [5.74, 6) is -0.635. The number of methoxy groups -OCH3 is 1. The van der Waals surface area contributed by atoms with E-state index in [1.54, 1.807) is 18.2 Å². The monoisotopic (exact) mass is 420 g/mol. The van der Waals surface area contributed by atoms with Crippen molar-refractivity contribution in [2.75, 3.05) is 25.5 Å². The highest BCUT2D eigenvalue weighted by atomic mass is 35.5. The van der Waals surface area contributed by atoms with Crippen LogP contribution in [0.25, 0.3) is 0 Å². The number of amides is 1. The first-order valence-corrected chi connectivity index (χ1v) is 9.87. The third-order valence-electron chi connectivity index (χ3n) is 4.89. The minimum atomic E-state index is -0.532. The van der Waals surface area contributed by atoms with Crippen LogP contribution in [0.1, 0.15) is 28.8 Å². The van der Waals surface area contributed by atoms with Gasteiger partial charge in [0.1, 0.15) is 0 Å². The van der Waals surface area contributed by atoms with Gasteiger partial charge in [-0.2, -0.15) is 0 Å². The molecule has 2 aromatic rings. The molecule has 1 N–H and O–H groups in total. The number of hydrogen-bond acceptors (Lipinski definition) is 4. The van der Waals surface area contributed by atoms with Gasteiger partial charge in [-0.05, 0) is 61.8 Å². The third-order valence-corrected chi connectivity index (χ3v) is 5.46. The first-order chi connectivity index (χ1) is 13.5. The van der Waals surface area contributed by atoms with Crippen LogP contribution in [0.15, 0.2) is 42.5 Å². The molecule has 1 fully saturated rings. The van der Waals surface area contributed by atoms with Crippen molar-refractivity contribution in [3.8, 4) is 0 Å². The number of ether oxygens (including phenoxy) is 1. The third kappa shape index (κ3) is 5.25. The second-order valence-electron chi connectivity index (χ2n) is 6.86. The van der Waals surface area contributed by atoms with Gasteiger partial charge in [0.15, 0.2) is 0 Å². The fourth-order valence-corrected chi connectivity index (χ4v) is 3.77. The van der Waals surface area contributed by atoms with Crippen LogP contribution in [0, 0.1) is 5.92 Å². The Bertz CT molecular complexity index is 864. The topological polar surface area (TPSA) is 58.6 Å². The Kier molecular flexibility index (Phi) is 6.94. The first-order valence-electron chi connectivity index (χ1n) is 9.12. The minimum Gasteiger partial charge on any atom is -0.465 e. The lowest BCUT2D eigenvalue weighted by Crippen LogP contribution is -2.37. The van der Waals surface area contributed by atoms with Crippen LogP contribution in [0.5, 0.6) is 0 Å². The molecule has 0 radical (unpaired) electrons.